The van der Waals surface area contributed by atoms with E-state index in [4.69, 9.17) is 19.9 Å². The zero-order valence-corrected chi connectivity index (χ0v) is 56.4. The van der Waals surface area contributed by atoms with Gasteiger partial charge in [0.05, 0.1) is 5.41 Å². The Hall–Kier alpha value is -12.6. The van der Waals surface area contributed by atoms with Crippen molar-refractivity contribution >= 4 is 102 Å². The smallest absolute Gasteiger partial charge is 0.146 e. The number of rotatable bonds is 10. The fourth-order valence-corrected chi connectivity index (χ4v) is 17.6. The minimum Gasteiger partial charge on any atom is -0.278 e. The predicted octanol–water partition coefficient (Wildman–Crippen LogP) is 24.1. The van der Waals surface area contributed by atoms with Crippen molar-refractivity contribution in [3.8, 4) is 44.5 Å². The molecule has 0 amide bonds. The highest BCUT2D eigenvalue weighted by Crippen LogP contribution is 2.63. The molecular formula is C95H66N6. The van der Waals surface area contributed by atoms with Crippen molar-refractivity contribution in [3.05, 3.63) is 371 Å². The van der Waals surface area contributed by atoms with Gasteiger partial charge in [-0.1, -0.05) is 270 Å². The van der Waals surface area contributed by atoms with Crippen molar-refractivity contribution in [2.24, 2.45) is 0 Å². The average Bonchev–Trinajstić information content (AvgIpc) is 1.51. The Morgan fingerprint density at radius 2 is 0.495 bits per heavy atom. The summed E-state index contributed by atoms with van der Waals surface area (Å²) < 4.78 is 0. The number of anilines is 6. The molecule has 1 spiro atoms. The van der Waals surface area contributed by atoms with E-state index in [0.29, 0.717) is 0 Å². The SMILES string of the molecule is CC1(C)c2cc(C=Cc3ccc4c(c3)C3(c5ccccc5-c5ccccc53)c3cc(C=Cc5ccc6c(c5)C(C)(C)c5cc(N(c7nccc8ccccc78)c7nccc8ccccc78)ccc5-6)ccc3-4)ccc2-c2ccc(N(c3nccc4ccccc34)c3nccc4ccccc34)cc21. The molecule has 476 valence electrons. The lowest BCUT2D eigenvalue weighted by molar-refractivity contribution is 0.660. The van der Waals surface area contributed by atoms with Crippen LogP contribution < -0.4 is 9.80 Å². The molecule has 101 heavy (non-hydrogen) atoms. The van der Waals surface area contributed by atoms with Gasteiger partial charge >= 0.3 is 0 Å². The van der Waals surface area contributed by atoms with E-state index in [1.54, 1.807) is 0 Å². The van der Waals surface area contributed by atoms with Crippen molar-refractivity contribution in [2.75, 3.05) is 9.80 Å². The zero-order chi connectivity index (χ0) is 67.3. The monoisotopic (exact) mass is 1290 g/mol. The van der Waals surface area contributed by atoms with E-state index in [1.165, 1.54) is 89.0 Å². The summed E-state index contributed by atoms with van der Waals surface area (Å²) in [6.07, 6.45) is 16.9. The van der Waals surface area contributed by atoms with E-state index in [1.807, 2.05) is 24.8 Å². The number of nitrogens with zero attached hydrogens (tertiary/aromatic N) is 6. The first kappa shape index (κ1) is 58.5. The number of hydrogen-bond acceptors (Lipinski definition) is 6. The highest BCUT2D eigenvalue weighted by Gasteiger charge is 2.52. The first-order valence-corrected chi connectivity index (χ1v) is 35.0. The summed E-state index contributed by atoms with van der Waals surface area (Å²) in [6, 6.07) is 103. The highest BCUT2D eigenvalue weighted by atomic mass is 15.2. The Kier molecular flexibility index (Phi) is 12.9. The third-order valence-electron chi connectivity index (χ3n) is 22.4. The van der Waals surface area contributed by atoms with Crippen LogP contribution in [0, 0.1) is 0 Å². The molecule has 0 saturated carbocycles. The van der Waals surface area contributed by atoms with E-state index in [0.717, 1.165) is 100.0 Å². The van der Waals surface area contributed by atoms with Gasteiger partial charge in [-0.2, -0.15) is 0 Å². The van der Waals surface area contributed by atoms with Gasteiger partial charge in [0.2, 0.25) is 0 Å². The molecule has 0 radical (unpaired) electrons. The van der Waals surface area contributed by atoms with Crippen LogP contribution in [-0.4, -0.2) is 19.9 Å². The van der Waals surface area contributed by atoms with E-state index in [2.05, 4.69) is 341 Å². The fraction of sp³-hybridized carbons (Fsp3) is 0.0737. The van der Waals surface area contributed by atoms with Crippen LogP contribution in [0.4, 0.5) is 34.6 Å². The molecule has 0 fully saturated rings. The molecule has 4 heterocycles. The molecule has 0 unspecified atom stereocenters. The van der Waals surface area contributed by atoms with Crippen LogP contribution in [0.1, 0.15) is 94.5 Å². The molecule has 20 rings (SSSR count). The van der Waals surface area contributed by atoms with Crippen LogP contribution in [0.2, 0.25) is 0 Å². The standard InChI is InChI=1S/C95H66N6/c1-93(2)83-53-59(33-39-75(83)77-43-37-67(57-85(77)93)100(89-69-21-9-5-17-63(69)45-49-96-89)90-70-22-10-6-18-64(70)46-50-97-90)29-31-61-35-41-79-80-42-36-62(56-88(80)95(87(79)55-61)81-27-15-13-25-73(81)74-26-14-16-28-82(74)95)32-30-60-34-40-76-78-44-38-68(58-86(78)94(3,4)84(76)54-60)101(91-71-23-11-7-19-65(71)47-51-98-91)92-72-24-12-8-20-66(72)48-52-99-92/h5-58H,1-4H3. The predicted molar refractivity (Wildman–Crippen MR) is 419 cm³/mol. The van der Waals surface area contributed by atoms with Crippen molar-refractivity contribution in [1.82, 2.24) is 19.9 Å². The van der Waals surface area contributed by atoms with Crippen LogP contribution in [0.5, 0.6) is 0 Å². The number of aromatic nitrogens is 4. The Morgan fingerprint density at radius 1 is 0.238 bits per heavy atom. The molecule has 0 saturated heterocycles. The molecule has 4 aliphatic rings. The van der Waals surface area contributed by atoms with Crippen LogP contribution in [0.3, 0.4) is 0 Å². The maximum absolute atomic E-state index is 5.10. The molecule has 16 aromatic rings. The summed E-state index contributed by atoms with van der Waals surface area (Å²) in [5.41, 5.74) is 26.2. The van der Waals surface area contributed by atoms with Crippen molar-refractivity contribution in [2.45, 2.75) is 43.9 Å². The third-order valence-corrected chi connectivity index (χ3v) is 22.4. The van der Waals surface area contributed by atoms with Crippen molar-refractivity contribution in [1.29, 1.82) is 0 Å². The summed E-state index contributed by atoms with van der Waals surface area (Å²) in [5.74, 6) is 3.40. The quantitative estimate of drug-likeness (QED) is 0.127. The van der Waals surface area contributed by atoms with Gasteiger partial charge in [0, 0.05) is 68.5 Å². The maximum atomic E-state index is 5.10. The average molecular weight is 1290 g/mol. The molecule has 4 aromatic heterocycles. The Labute approximate surface area is 587 Å². The molecular weight excluding hydrogens is 1230 g/mol. The van der Waals surface area contributed by atoms with Gasteiger partial charge in [-0.25, -0.2) is 19.9 Å². The maximum Gasteiger partial charge on any atom is 0.146 e. The number of hydrogen-bond donors (Lipinski definition) is 0. The minimum absolute atomic E-state index is 0.298. The second-order valence-corrected chi connectivity index (χ2v) is 28.5. The number of benzene rings is 12. The van der Waals surface area contributed by atoms with Gasteiger partial charge in [-0.15, -0.1) is 0 Å². The van der Waals surface area contributed by atoms with E-state index in [9.17, 15) is 0 Å². The van der Waals surface area contributed by atoms with Crippen LogP contribution >= 0.6 is 0 Å². The molecule has 12 aromatic carbocycles. The Balaban J connectivity index is 0.627. The molecule has 0 atom stereocenters. The third kappa shape index (κ3) is 8.77. The lowest BCUT2D eigenvalue weighted by Gasteiger charge is -2.30. The van der Waals surface area contributed by atoms with Gasteiger partial charge in [-0.05, 0) is 193 Å². The number of pyridine rings is 4. The van der Waals surface area contributed by atoms with Crippen LogP contribution in [-0.2, 0) is 16.2 Å². The first-order chi connectivity index (χ1) is 49.6. The van der Waals surface area contributed by atoms with Crippen molar-refractivity contribution < 1.29 is 0 Å². The van der Waals surface area contributed by atoms with Gasteiger partial charge in [0.1, 0.15) is 23.3 Å². The molecule has 6 heteroatoms. The van der Waals surface area contributed by atoms with Gasteiger partial charge in [0.25, 0.3) is 0 Å². The van der Waals surface area contributed by atoms with Crippen LogP contribution in [0.25, 0.3) is 112 Å². The molecule has 4 aliphatic carbocycles. The zero-order valence-electron chi connectivity index (χ0n) is 56.4. The number of fused-ring (bicyclic) bond motifs is 20. The molecule has 6 nitrogen and oxygen atoms in total. The second kappa shape index (κ2) is 22.2. The van der Waals surface area contributed by atoms with Gasteiger partial charge in [0.15, 0.2) is 0 Å². The topological polar surface area (TPSA) is 58.0 Å². The molecule has 0 bridgehead atoms. The Morgan fingerprint density at radius 3 is 0.832 bits per heavy atom. The van der Waals surface area contributed by atoms with Gasteiger partial charge in [-0.3, -0.25) is 9.80 Å². The van der Waals surface area contributed by atoms with Crippen LogP contribution in [0.15, 0.2) is 304 Å². The summed E-state index contributed by atoms with van der Waals surface area (Å²) in [6.45, 7) is 9.48. The lowest BCUT2D eigenvalue weighted by atomic mass is 9.70. The Bertz CT molecular complexity index is 5710. The normalized spacial score (nSPS) is 14.3. The molecule has 0 aliphatic heterocycles. The second-order valence-electron chi connectivity index (χ2n) is 28.5. The summed E-state index contributed by atoms with van der Waals surface area (Å²) in [4.78, 5) is 24.9. The summed E-state index contributed by atoms with van der Waals surface area (Å²) >= 11 is 0. The van der Waals surface area contributed by atoms with E-state index in [-0.39, 0.29) is 10.8 Å². The van der Waals surface area contributed by atoms with Gasteiger partial charge < -0.3 is 0 Å². The summed E-state index contributed by atoms with van der Waals surface area (Å²) in [5, 5.41) is 8.79. The summed E-state index contributed by atoms with van der Waals surface area (Å²) in [7, 11) is 0. The van der Waals surface area contributed by atoms with E-state index >= 15 is 0 Å². The first-order valence-electron chi connectivity index (χ1n) is 35.0. The van der Waals surface area contributed by atoms with E-state index < -0.39 is 5.41 Å². The van der Waals surface area contributed by atoms with Crippen molar-refractivity contribution in [3.63, 3.8) is 0 Å². The highest BCUT2D eigenvalue weighted by molar-refractivity contribution is 6.05. The largest absolute Gasteiger partial charge is 0.278 e. The minimum atomic E-state index is -0.526. The lowest BCUT2D eigenvalue weighted by Crippen LogP contribution is -2.26. The fourth-order valence-electron chi connectivity index (χ4n) is 17.6. The molecule has 0 N–H and O–H groups in total.